The summed E-state index contributed by atoms with van der Waals surface area (Å²) in [6.07, 6.45) is 4.18. The number of aromatic nitrogens is 5. The van der Waals surface area contributed by atoms with Gasteiger partial charge in [-0.15, -0.1) is 5.10 Å². The Hall–Kier alpha value is -4.76. The molecule has 9 heteroatoms. The minimum Gasteiger partial charge on any atom is -0.492 e. The van der Waals surface area contributed by atoms with Gasteiger partial charge in [0.1, 0.15) is 17.9 Å². The molecular weight excluding hydrogens is 516 g/mol. The molecule has 3 aromatic carbocycles. The van der Waals surface area contributed by atoms with Gasteiger partial charge in [-0.05, 0) is 47.4 Å². The highest BCUT2D eigenvalue weighted by atomic mass is 16.5. The van der Waals surface area contributed by atoms with Crippen molar-refractivity contribution in [2.24, 2.45) is 7.05 Å². The summed E-state index contributed by atoms with van der Waals surface area (Å²) in [4.78, 5) is 14.5. The zero-order valence-electron chi connectivity index (χ0n) is 22.7. The van der Waals surface area contributed by atoms with E-state index in [-0.39, 0.29) is 17.4 Å². The quantitative estimate of drug-likeness (QED) is 0.306. The summed E-state index contributed by atoms with van der Waals surface area (Å²) in [5.41, 5.74) is 7.25. The highest BCUT2D eigenvalue weighted by molar-refractivity contribution is 5.89. The first-order chi connectivity index (χ1) is 20.0. The summed E-state index contributed by atoms with van der Waals surface area (Å²) in [5, 5.41) is 22.8. The van der Waals surface area contributed by atoms with Gasteiger partial charge in [0.05, 0.1) is 23.3 Å². The molecule has 1 N–H and O–H groups in total. The number of rotatable bonds is 7. The zero-order valence-corrected chi connectivity index (χ0v) is 22.7. The molecule has 2 aliphatic rings. The van der Waals surface area contributed by atoms with E-state index in [9.17, 15) is 9.90 Å². The van der Waals surface area contributed by atoms with Crippen molar-refractivity contribution >= 4 is 5.97 Å². The van der Waals surface area contributed by atoms with Crippen molar-refractivity contribution in [3.63, 3.8) is 0 Å². The molecule has 7 rings (SSSR count). The maximum absolute atomic E-state index is 12.1. The summed E-state index contributed by atoms with van der Waals surface area (Å²) in [7, 11) is 1.84. The normalized spacial score (nSPS) is 18.4. The Bertz CT molecular complexity index is 1740. The number of carbonyl (C=O) groups is 1. The Morgan fingerprint density at radius 3 is 2.68 bits per heavy atom. The fourth-order valence-electron chi connectivity index (χ4n) is 5.88. The van der Waals surface area contributed by atoms with Gasteiger partial charge in [0, 0.05) is 50.3 Å². The Kier molecular flexibility index (Phi) is 6.36. The van der Waals surface area contributed by atoms with Gasteiger partial charge in [0.25, 0.3) is 0 Å². The van der Waals surface area contributed by atoms with Crippen molar-refractivity contribution in [3.05, 3.63) is 113 Å². The van der Waals surface area contributed by atoms with Gasteiger partial charge in [-0.1, -0.05) is 53.7 Å². The summed E-state index contributed by atoms with van der Waals surface area (Å²) in [5.74, 6) is 0.156. The van der Waals surface area contributed by atoms with E-state index < -0.39 is 5.97 Å². The van der Waals surface area contributed by atoms with Crippen molar-refractivity contribution in [3.8, 4) is 22.6 Å². The van der Waals surface area contributed by atoms with Crippen LogP contribution in [-0.4, -0.2) is 53.9 Å². The van der Waals surface area contributed by atoms with Crippen LogP contribution in [0.4, 0.5) is 0 Å². The number of hydrogen-bond acceptors (Lipinski definition) is 6. The molecule has 0 unspecified atom stereocenters. The zero-order chi connectivity index (χ0) is 27.9. The molecule has 0 saturated heterocycles. The molecule has 2 aromatic heterocycles. The predicted octanol–water partition coefficient (Wildman–Crippen LogP) is 5.03. The van der Waals surface area contributed by atoms with E-state index in [1.54, 1.807) is 9.36 Å². The fraction of sp³-hybridized carbons (Fsp3) is 0.250. The molecule has 9 nitrogen and oxygen atoms in total. The molecular formula is C32H30N6O3. The lowest BCUT2D eigenvalue weighted by atomic mass is 10.0. The third kappa shape index (κ3) is 5.00. The molecule has 3 heterocycles. The predicted molar refractivity (Wildman–Crippen MR) is 153 cm³/mol. The van der Waals surface area contributed by atoms with E-state index in [0.717, 1.165) is 54.3 Å². The number of aryl methyl sites for hydroxylation is 1. The van der Waals surface area contributed by atoms with Crippen LogP contribution < -0.4 is 4.74 Å². The Balaban J connectivity index is 1.16. The number of nitrogens with zero attached hydrogens (tertiary/aromatic N) is 6. The standard InChI is InChI=1S/C32H30N6O3/c1-36-20-29(34-35-36)26-16-27(26)31-28(32(39)40)17-33-38(31)25-10-5-9-23(15-25)22-8-4-6-21(14-22)18-37-12-13-41-30-11-3-2-7-24(30)19-37/h2-11,14-15,17,20,26-27H,12-13,16,18-19H2,1H3,(H,39,40)/t26-,27-/m1/s1. The number of carboxylic acid groups (broad SMARTS) is 1. The third-order valence-electron chi connectivity index (χ3n) is 7.97. The molecule has 0 spiro atoms. The molecule has 5 aromatic rings. The summed E-state index contributed by atoms with van der Waals surface area (Å²) < 4.78 is 9.41. The lowest BCUT2D eigenvalue weighted by molar-refractivity contribution is 0.0695. The summed E-state index contributed by atoms with van der Waals surface area (Å²) in [6, 6.07) is 25.0. The second kappa shape index (κ2) is 10.3. The number of ether oxygens (including phenoxy) is 1. The SMILES string of the molecule is Cn1cc([C@@H]2C[C@H]2c2c(C(=O)O)cnn2-c2cccc(-c3cccc(CN4CCOc5ccccc5C4)c3)c2)nn1. The molecule has 0 bridgehead atoms. The summed E-state index contributed by atoms with van der Waals surface area (Å²) >= 11 is 0. The average Bonchev–Trinajstić information content (AvgIpc) is 3.51. The number of aromatic carboxylic acids is 1. The van der Waals surface area contributed by atoms with Crippen LogP contribution in [0.1, 0.15) is 51.1 Å². The second-order valence-electron chi connectivity index (χ2n) is 10.8. The van der Waals surface area contributed by atoms with Crippen molar-refractivity contribution in [1.82, 2.24) is 29.7 Å². The van der Waals surface area contributed by atoms with Gasteiger partial charge < -0.3 is 9.84 Å². The Labute approximate surface area is 237 Å². The molecule has 2 atom stereocenters. The minimum atomic E-state index is -0.971. The van der Waals surface area contributed by atoms with E-state index in [1.165, 1.54) is 17.3 Å². The number of hydrogen-bond donors (Lipinski definition) is 1. The van der Waals surface area contributed by atoms with Crippen LogP contribution in [0.5, 0.6) is 5.75 Å². The smallest absolute Gasteiger partial charge is 0.339 e. The highest BCUT2D eigenvalue weighted by Crippen LogP contribution is 2.55. The maximum Gasteiger partial charge on any atom is 0.339 e. The van der Waals surface area contributed by atoms with E-state index in [2.05, 4.69) is 68.8 Å². The third-order valence-corrected chi connectivity index (χ3v) is 7.97. The van der Waals surface area contributed by atoms with Gasteiger partial charge in [0.15, 0.2) is 0 Å². The lowest BCUT2D eigenvalue weighted by Gasteiger charge is -2.20. The Morgan fingerprint density at radius 1 is 1.02 bits per heavy atom. The molecule has 0 amide bonds. The second-order valence-corrected chi connectivity index (χ2v) is 10.8. The van der Waals surface area contributed by atoms with Crippen molar-refractivity contribution in [1.29, 1.82) is 0 Å². The van der Waals surface area contributed by atoms with Crippen LogP contribution in [0.3, 0.4) is 0 Å². The van der Waals surface area contributed by atoms with Gasteiger partial charge >= 0.3 is 5.97 Å². The number of para-hydroxylation sites is 1. The van der Waals surface area contributed by atoms with E-state index >= 15 is 0 Å². The van der Waals surface area contributed by atoms with Crippen molar-refractivity contribution in [2.45, 2.75) is 31.3 Å². The number of carboxylic acids is 1. The van der Waals surface area contributed by atoms with Crippen LogP contribution in [-0.2, 0) is 20.1 Å². The topological polar surface area (TPSA) is 98.3 Å². The van der Waals surface area contributed by atoms with Gasteiger partial charge in [0.2, 0.25) is 0 Å². The van der Waals surface area contributed by atoms with Gasteiger partial charge in [-0.3, -0.25) is 9.58 Å². The van der Waals surface area contributed by atoms with E-state index in [0.29, 0.717) is 12.3 Å². The van der Waals surface area contributed by atoms with Crippen LogP contribution in [0.15, 0.2) is 85.2 Å². The minimum absolute atomic E-state index is 0.0232. The number of benzene rings is 3. The van der Waals surface area contributed by atoms with Crippen molar-refractivity contribution in [2.75, 3.05) is 13.2 Å². The largest absolute Gasteiger partial charge is 0.492 e. The van der Waals surface area contributed by atoms with Crippen LogP contribution >= 0.6 is 0 Å². The van der Waals surface area contributed by atoms with Crippen LogP contribution in [0.25, 0.3) is 16.8 Å². The Morgan fingerprint density at radius 2 is 1.85 bits per heavy atom. The highest BCUT2D eigenvalue weighted by Gasteiger charge is 2.46. The first kappa shape index (κ1) is 25.2. The maximum atomic E-state index is 12.1. The first-order valence-corrected chi connectivity index (χ1v) is 13.8. The molecule has 1 saturated carbocycles. The van der Waals surface area contributed by atoms with Gasteiger partial charge in [-0.2, -0.15) is 5.10 Å². The molecule has 1 fully saturated rings. The molecule has 1 aliphatic heterocycles. The lowest BCUT2D eigenvalue weighted by Crippen LogP contribution is -2.25. The van der Waals surface area contributed by atoms with Crippen molar-refractivity contribution < 1.29 is 14.6 Å². The molecule has 41 heavy (non-hydrogen) atoms. The first-order valence-electron chi connectivity index (χ1n) is 13.8. The van der Waals surface area contributed by atoms with E-state index in [4.69, 9.17) is 4.74 Å². The molecule has 0 radical (unpaired) electrons. The summed E-state index contributed by atoms with van der Waals surface area (Å²) in [6.45, 7) is 3.20. The molecule has 206 valence electrons. The van der Waals surface area contributed by atoms with Crippen LogP contribution in [0.2, 0.25) is 0 Å². The molecule has 1 aliphatic carbocycles. The van der Waals surface area contributed by atoms with Gasteiger partial charge in [-0.25, -0.2) is 9.48 Å². The fourth-order valence-corrected chi connectivity index (χ4v) is 5.88. The van der Waals surface area contributed by atoms with E-state index in [1.807, 2.05) is 37.5 Å². The number of fused-ring (bicyclic) bond motifs is 1. The average molecular weight is 547 g/mol. The monoisotopic (exact) mass is 546 g/mol. The van der Waals surface area contributed by atoms with Crippen LogP contribution in [0, 0.1) is 0 Å².